The molecule has 2 aliphatic heterocycles. The number of alkyl halides is 3. The topological polar surface area (TPSA) is 58.3 Å². The lowest BCUT2D eigenvalue weighted by molar-refractivity contribution is -0.137. The number of morpholine rings is 1. The van der Waals surface area contributed by atoms with Crippen LogP contribution in [0.3, 0.4) is 0 Å². The maximum Gasteiger partial charge on any atom is 0.418 e. The van der Waals surface area contributed by atoms with Crippen LogP contribution in [-0.4, -0.2) is 56.3 Å². The van der Waals surface area contributed by atoms with Gasteiger partial charge in [-0.15, -0.1) is 0 Å². The molecule has 3 aliphatic rings. The number of hydrogen-bond acceptors (Lipinski definition) is 4. The average molecular weight is 637 g/mol. The Morgan fingerprint density at radius 3 is 2.20 bits per heavy atom. The lowest BCUT2D eigenvalue weighted by Crippen LogP contribution is -2.51. The Bertz CT molecular complexity index is 1820. The summed E-state index contributed by atoms with van der Waals surface area (Å²) in [5.41, 5.74) is 0.633. The van der Waals surface area contributed by atoms with Crippen LogP contribution in [0.4, 0.5) is 29.1 Å². The third-order valence-corrected chi connectivity index (χ3v) is 12.1. The van der Waals surface area contributed by atoms with Gasteiger partial charge in [0.25, 0.3) is 0 Å². The van der Waals surface area contributed by atoms with Gasteiger partial charge in [0.15, 0.2) is 13.2 Å². The van der Waals surface area contributed by atoms with Crippen molar-refractivity contribution in [1.82, 2.24) is 19.1 Å². The first-order chi connectivity index (χ1) is 21.6. The lowest BCUT2D eigenvalue weighted by atomic mass is 10.2. The molecular formula is C33H33F4N6OP. The summed E-state index contributed by atoms with van der Waals surface area (Å²) in [6.07, 6.45) is -3.51. The number of benzene rings is 3. The number of aryl methyl sites for hydroxylation is 1. The second-order valence-electron chi connectivity index (χ2n) is 11.8. The molecule has 3 heterocycles. The summed E-state index contributed by atoms with van der Waals surface area (Å²) in [5, 5.41) is 5.62. The van der Waals surface area contributed by atoms with Crippen LogP contribution in [0.15, 0.2) is 88.6 Å². The molecule has 3 aromatic carbocycles. The van der Waals surface area contributed by atoms with E-state index in [9.17, 15) is 13.2 Å². The summed E-state index contributed by atoms with van der Waals surface area (Å²) >= 11 is 0. The summed E-state index contributed by atoms with van der Waals surface area (Å²) in [7, 11) is -3.40. The first kappa shape index (κ1) is 29.9. The monoisotopic (exact) mass is 636 g/mol. The van der Waals surface area contributed by atoms with E-state index >= 15 is 4.39 Å². The molecule has 1 aliphatic carbocycles. The van der Waals surface area contributed by atoms with E-state index in [4.69, 9.17) is 19.6 Å². The van der Waals surface area contributed by atoms with E-state index in [1.54, 1.807) is 28.9 Å². The number of nitrogens with zero attached hydrogens (tertiary/aromatic N) is 6. The molecule has 0 amide bonds. The molecule has 7 nitrogen and oxygen atoms in total. The molecule has 2 fully saturated rings. The first-order valence-corrected chi connectivity index (χ1v) is 16.7. The van der Waals surface area contributed by atoms with Gasteiger partial charge in [-0.2, -0.15) is 18.3 Å². The predicted molar refractivity (Wildman–Crippen MR) is 167 cm³/mol. The minimum atomic E-state index is -4.63. The Balaban J connectivity index is 1.65. The number of amidine groups is 1. The van der Waals surface area contributed by atoms with Gasteiger partial charge in [0.05, 0.1) is 45.7 Å². The zero-order chi connectivity index (χ0) is 31.5. The van der Waals surface area contributed by atoms with Crippen molar-refractivity contribution in [3.05, 3.63) is 102 Å². The number of ether oxygens (including phenoxy) is 1. The van der Waals surface area contributed by atoms with Gasteiger partial charge in [-0.05, 0) is 70.0 Å². The first-order valence-electron chi connectivity index (χ1n) is 15.1. The molecular weight excluding hydrogens is 603 g/mol. The van der Waals surface area contributed by atoms with Gasteiger partial charge in [0.1, 0.15) is 11.7 Å². The Morgan fingerprint density at radius 2 is 1.53 bits per heavy atom. The molecule has 0 radical (unpaired) electrons. The Kier molecular flexibility index (Phi) is 7.46. The fourth-order valence-electron chi connectivity index (χ4n) is 6.41. The maximum atomic E-state index is 15.8. The van der Waals surface area contributed by atoms with Crippen LogP contribution in [0.25, 0.3) is 5.69 Å². The second-order valence-corrected chi connectivity index (χ2v) is 14.6. The molecule has 0 spiro atoms. The van der Waals surface area contributed by atoms with Gasteiger partial charge < -0.3 is 9.41 Å². The molecule has 45 heavy (non-hydrogen) atoms. The maximum absolute atomic E-state index is 15.8. The predicted octanol–water partition coefficient (Wildman–Crippen LogP) is 7.99. The lowest BCUT2D eigenvalue weighted by Gasteiger charge is -2.50. The van der Waals surface area contributed by atoms with Gasteiger partial charge in [-0.1, -0.05) is 42.5 Å². The highest BCUT2D eigenvalue weighted by Crippen LogP contribution is 2.66. The summed E-state index contributed by atoms with van der Waals surface area (Å²) in [6.45, 7) is 6.61. The summed E-state index contributed by atoms with van der Waals surface area (Å²) in [5.74, 6) is 0.334. The van der Waals surface area contributed by atoms with Gasteiger partial charge in [0, 0.05) is 19.1 Å². The molecule has 1 saturated heterocycles. The average Bonchev–Trinajstić information content (AvgIpc) is 3.78. The minimum absolute atomic E-state index is 0.0976. The third kappa shape index (κ3) is 5.20. The SMILES string of the molecule is Cc1nn(-c2ccccc2)c2c1P(=Nc1ccccc1C(F)(F)F)(N1CC(C)OC(C)C1)N(C1CC1)C(c1ccccc1F)=N2. The molecule has 7 rings (SSSR count). The molecule has 3 unspecified atom stereocenters. The third-order valence-electron chi connectivity index (χ3n) is 8.29. The van der Waals surface area contributed by atoms with E-state index in [1.807, 2.05) is 51.1 Å². The van der Waals surface area contributed by atoms with E-state index in [1.165, 1.54) is 18.2 Å². The number of aliphatic imine (C=N–C) groups is 1. The number of para-hydroxylation sites is 1. The fourth-order valence-corrected chi connectivity index (χ4v) is 10.9. The van der Waals surface area contributed by atoms with Crippen LogP contribution in [0.1, 0.15) is 43.5 Å². The van der Waals surface area contributed by atoms with Crippen molar-refractivity contribution >= 4 is 30.0 Å². The fraction of sp³-hybridized carbons (Fsp3) is 0.333. The highest BCUT2D eigenvalue weighted by atomic mass is 31.2. The quantitative estimate of drug-likeness (QED) is 0.165. The van der Waals surface area contributed by atoms with Crippen LogP contribution in [0.2, 0.25) is 0 Å². The highest BCUT2D eigenvalue weighted by molar-refractivity contribution is 7.70. The largest absolute Gasteiger partial charge is 0.418 e. The van der Waals surface area contributed by atoms with Crippen LogP contribution in [0.5, 0.6) is 0 Å². The number of halogens is 4. The van der Waals surface area contributed by atoms with Crippen molar-refractivity contribution in [2.75, 3.05) is 13.1 Å². The Labute approximate surface area is 259 Å². The van der Waals surface area contributed by atoms with Crippen molar-refractivity contribution in [2.45, 2.75) is 58.0 Å². The molecule has 1 aromatic heterocycles. The number of rotatable bonds is 5. The van der Waals surface area contributed by atoms with Crippen LogP contribution >= 0.6 is 7.36 Å². The van der Waals surface area contributed by atoms with Crippen molar-refractivity contribution in [3.8, 4) is 5.69 Å². The van der Waals surface area contributed by atoms with Crippen LogP contribution in [0, 0.1) is 12.7 Å². The van der Waals surface area contributed by atoms with Crippen molar-refractivity contribution < 1.29 is 22.3 Å². The van der Waals surface area contributed by atoms with Gasteiger partial charge in [0.2, 0.25) is 0 Å². The number of fused-ring (bicyclic) bond motifs is 1. The Morgan fingerprint density at radius 1 is 0.889 bits per heavy atom. The van der Waals surface area contributed by atoms with E-state index in [-0.39, 0.29) is 29.5 Å². The standard InChI is InChI=1S/C33H33F4N6OP/c1-21-19-41(20-22(2)44-21)45(40-29-16-10-8-14-27(29)33(35,36)37)30-23(3)39-42(24-11-5-4-6-12-24)32(30)38-31(43(45)25-17-18-25)26-13-7-9-15-28(26)34/h4-16,21-22,25H,17-20H2,1-3H3. The van der Waals surface area contributed by atoms with E-state index in [0.29, 0.717) is 35.7 Å². The van der Waals surface area contributed by atoms with E-state index in [2.05, 4.69) is 9.34 Å². The molecule has 4 aromatic rings. The van der Waals surface area contributed by atoms with Crippen LogP contribution < -0.4 is 5.30 Å². The molecule has 12 heteroatoms. The minimum Gasteiger partial charge on any atom is -0.373 e. The molecule has 0 N–H and O–H groups in total. The van der Waals surface area contributed by atoms with Crippen molar-refractivity contribution in [3.63, 3.8) is 0 Å². The van der Waals surface area contributed by atoms with Gasteiger partial charge in [-0.25, -0.2) is 23.5 Å². The zero-order valence-corrected chi connectivity index (χ0v) is 26.0. The normalized spacial score (nSPS) is 23.9. The molecule has 0 bridgehead atoms. The van der Waals surface area contributed by atoms with Gasteiger partial charge >= 0.3 is 6.18 Å². The van der Waals surface area contributed by atoms with Crippen molar-refractivity contribution in [2.24, 2.45) is 9.74 Å². The molecule has 3 atom stereocenters. The van der Waals surface area contributed by atoms with Gasteiger partial charge in [-0.3, -0.25) is 0 Å². The number of aromatic nitrogens is 2. The summed E-state index contributed by atoms with van der Waals surface area (Å²) < 4.78 is 76.9. The summed E-state index contributed by atoms with van der Waals surface area (Å²) in [6, 6.07) is 21.2. The smallest absolute Gasteiger partial charge is 0.373 e. The van der Waals surface area contributed by atoms with E-state index < -0.39 is 24.9 Å². The van der Waals surface area contributed by atoms with Crippen molar-refractivity contribution in [1.29, 1.82) is 0 Å². The zero-order valence-electron chi connectivity index (χ0n) is 25.1. The number of hydrogen-bond donors (Lipinski definition) is 0. The van der Waals surface area contributed by atoms with E-state index in [0.717, 1.165) is 24.6 Å². The molecule has 234 valence electrons. The summed E-state index contributed by atoms with van der Waals surface area (Å²) in [4.78, 5) is 5.15. The molecule has 1 saturated carbocycles. The second kappa shape index (κ2) is 11.2. The Hall–Kier alpha value is -3.79. The highest BCUT2D eigenvalue weighted by Gasteiger charge is 2.53. The van der Waals surface area contributed by atoms with Crippen LogP contribution in [-0.2, 0) is 10.9 Å².